The maximum Gasteiger partial charge on any atom is 0.240 e. The molecular formula is C24H42FNO3S. The fourth-order valence-corrected chi connectivity index (χ4v) is 5.17. The Bertz CT molecular complexity index is 679. The Balaban J connectivity index is 2.98. The van der Waals surface area contributed by atoms with Crippen molar-refractivity contribution in [1.29, 1.82) is 0 Å². The minimum Gasteiger partial charge on any atom is -0.390 e. The van der Waals surface area contributed by atoms with E-state index >= 15 is 4.39 Å². The monoisotopic (exact) mass is 443 g/mol. The lowest BCUT2D eigenvalue weighted by Crippen LogP contribution is -2.53. The number of hydrogen-bond donors (Lipinski definition) is 2. The molecule has 1 aromatic carbocycles. The maximum atomic E-state index is 15.3. The lowest BCUT2D eigenvalue weighted by Gasteiger charge is -2.38. The van der Waals surface area contributed by atoms with E-state index in [1.165, 1.54) is 12.1 Å². The first-order chi connectivity index (χ1) is 14.2. The van der Waals surface area contributed by atoms with Crippen LogP contribution in [-0.4, -0.2) is 31.3 Å². The van der Waals surface area contributed by atoms with Gasteiger partial charge in [-0.15, -0.1) is 0 Å². The number of unbranched alkanes of at least 4 members (excludes halogenated alkanes) is 6. The molecule has 0 saturated carbocycles. The Morgan fingerprint density at radius 1 is 1.00 bits per heavy atom. The fraction of sp³-hybridized carbons (Fsp3) is 0.750. The van der Waals surface area contributed by atoms with E-state index in [0.29, 0.717) is 12.8 Å². The van der Waals surface area contributed by atoms with E-state index in [0.717, 1.165) is 44.9 Å². The van der Waals surface area contributed by atoms with E-state index in [2.05, 4.69) is 18.6 Å². The van der Waals surface area contributed by atoms with Gasteiger partial charge in [0.25, 0.3) is 0 Å². The van der Waals surface area contributed by atoms with E-state index in [1.807, 2.05) is 0 Å². The number of halogens is 1. The minimum atomic E-state index is -3.88. The van der Waals surface area contributed by atoms with Crippen molar-refractivity contribution in [3.63, 3.8) is 0 Å². The minimum absolute atomic E-state index is 0.114. The Kier molecular flexibility index (Phi) is 12.1. The fourth-order valence-electron chi connectivity index (χ4n) is 3.81. The van der Waals surface area contributed by atoms with Crippen molar-refractivity contribution >= 4 is 10.0 Å². The molecule has 0 bridgehead atoms. The Morgan fingerprint density at radius 2 is 1.57 bits per heavy atom. The average Bonchev–Trinajstić information content (AvgIpc) is 2.72. The van der Waals surface area contributed by atoms with Gasteiger partial charge in [-0.3, -0.25) is 0 Å². The largest absolute Gasteiger partial charge is 0.390 e. The van der Waals surface area contributed by atoms with Crippen LogP contribution in [0.1, 0.15) is 91.9 Å². The molecule has 1 aromatic rings. The maximum absolute atomic E-state index is 15.3. The summed E-state index contributed by atoms with van der Waals surface area (Å²) in [5, 5.41) is 11.1. The molecule has 0 heterocycles. The predicted octanol–water partition coefficient (Wildman–Crippen LogP) is 6.00. The summed E-state index contributed by atoms with van der Waals surface area (Å²) >= 11 is 0. The van der Waals surface area contributed by atoms with Gasteiger partial charge in [0.15, 0.2) is 0 Å². The third-order valence-corrected chi connectivity index (χ3v) is 7.60. The number of aliphatic hydroxyl groups is 1. The number of sulfonamides is 1. The summed E-state index contributed by atoms with van der Waals surface area (Å²) in [7, 11) is -3.88. The van der Waals surface area contributed by atoms with Crippen LogP contribution in [0.3, 0.4) is 0 Å². The summed E-state index contributed by atoms with van der Waals surface area (Å²) in [6.45, 7) is 7.69. The molecule has 0 saturated heterocycles. The molecule has 4 nitrogen and oxygen atoms in total. The van der Waals surface area contributed by atoms with Crippen LogP contribution in [0.2, 0.25) is 0 Å². The van der Waals surface area contributed by atoms with Gasteiger partial charge < -0.3 is 5.11 Å². The lowest BCUT2D eigenvalue weighted by atomic mass is 9.79. The molecule has 4 atom stereocenters. The van der Waals surface area contributed by atoms with Crippen molar-refractivity contribution in [2.75, 3.05) is 0 Å². The van der Waals surface area contributed by atoms with Crippen molar-refractivity contribution in [3.8, 4) is 0 Å². The van der Waals surface area contributed by atoms with E-state index in [1.54, 1.807) is 32.0 Å². The molecule has 0 amide bonds. The molecule has 174 valence electrons. The SMILES string of the molecule is CCCCCCC(F)C(NS(=O)(=O)c1ccccc1)[C@H](C)[C@@](C)(O)CCCCCC. The molecular weight excluding hydrogens is 401 g/mol. The molecule has 6 heteroatoms. The van der Waals surface area contributed by atoms with Gasteiger partial charge in [0.2, 0.25) is 10.0 Å². The zero-order chi connectivity index (χ0) is 22.6. The van der Waals surface area contributed by atoms with Crippen molar-refractivity contribution in [1.82, 2.24) is 4.72 Å². The quantitative estimate of drug-likeness (QED) is 0.308. The van der Waals surface area contributed by atoms with Gasteiger partial charge in [0, 0.05) is 5.92 Å². The molecule has 0 aliphatic heterocycles. The molecule has 0 fully saturated rings. The summed E-state index contributed by atoms with van der Waals surface area (Å²) in [5.74, 6) is -0.557. The Hall–Kier alpha value is -0.980. The highest BCUT2D eigenvalue weighted by atomic mass is 32.2. The Labute approximate surface area is 183 Å². The first-order valence-electron chi connectivity index (χ1n) is 11.6. The van der Waals surface area contributed by atoms with E-state index in [-0.39, 0.29) is 11.3 Å². The number of rotatable bonds is 16. The second kappa shape index (κ2) is 13.4. The van der Waals surface area contributed by atoms with Crippen molar-refractivity contribution in [3.05, 3.63) is 30.3 Å². The third kappa shape index (κ3) is 9.03. The molecule has 0 radical (unpaired) electrons. The molecule has 2 N–H and O–H groups in total. The smallest absolute Gasteiger partial charge is 0.240 e. The number of hydrogen-bond acceptors (Lipinski definition) is 3. The highest BCUT2D eigenvalue weighted by Crippen LogP contribution is 2.31. The highest BCUT2D eigenvalue weighted by Gasteiger charge is 2.40. The van der Waals surface area contributed by atoms with Gasteiger partial charge in [0.1, 0.15) is 6.17 Å². The van der Waals surface area contributed by atoms with Gasteiger partial charge in [-0.25, -0.2) is 17.5 Å². The van der Waals surface area contributed by atoms with Crippen LogP contribution in [0.5, 0.6) is 0 Å². The summed E-state index contributed by atoms with van der Waals surface area (Å²) in [6, 6.07) is 7.07. The normalized spacial score (nSPS) is 17.3. The standard InChI is InChI=1S/C24H42FNO3S/c1-5-7-9-14-18-22(25)23(20(3)24(4,27)19-15-10-8-6-2)26-30(28,29)21-16-12-11-13-17-21/h11-13,16-17,20,22-23,26-27H,5-10,14-15,18-19H2,1-4H3/t20-,22?,23?,24-/m0/s1. The first kappa shape index (κ1) is 27.1. The van der Waals surface area contributed by atoms with E-state index in [9.17, 15) is 13.5 Å². The van der Waals surface area contributed by atoms with Crippen LogP contribution in [0.25, 0.3) is 0 Å². The van der Waals surface area contributed by atoms with Gasteiger partial charge in [-0.05, 0) is 31.9 Å². The zero-order valence-electron chi connectivity index (χ0n) is 19.2. The van der Waals surface area contributed by atoms with Gasteiger partial charge in [-0.1, -0.05) is 90.3 Å². The summed E-state index contributed by atoms with van der Waals surface area (Å²) in [4.78, 5) is 0.114. The molecule has 0 aromatic heterocycles. The first-order valence-corrected chi connectivity index (χ1v) is 13.1. The van der Waals surface area contributed by atoms with Gasteiger partial charge in [0.05, 0.1) is 16.5 Å². The lowest BCUT2D eigenvalue weighted by molar-refractivity contribution is -0.0280. The zero-order valence-corrected chi connectivity index (χ0v) is 20.1. The summed E-state index contributed by atoms with van der Waals surface area (Å²) in [6.07, 6.45) is 7.25. The van der Waals surface area contributed by atoms with Crippen LogP contribution in [0, 0.1) is 5.92 Å². The van der Waals surface area contributed by atoms with E-state index in [4.69, 9.17) is 0 Å². The van der Waals surface area contributed by atoms with Gasteiger partial charge >= 0.3 is 0 Å². The Morgan fingerprint density at radius 3 is 2.13 bits per heavy atom. The van der Waals surface area contributed by atoms with Crippen molar-refractivity contribution in [2.45, 2.75) is 115 Å². The molecule has 2 unspecified atom stereocenters. The van der Waals surface area contributed by atoms with Crippen LogP contribution < -0.4 is 4.72 Å². The van der Waals surface area contributed by atoms with Crippen molar-refractivity contribution < 1.29 is 17.9 Å². The van der Waals surface area contributed by atoms with E-state index < -0.39 is 33.8 Å². The molecule has 30 heavy (non-hydrogen) atoms. The van der Waals surface area contributed by atoms with Crippen LogP contribution in [0.4, 0.5) is 4.39 Å². The average molecular weight is 444 g/mol. The second-order valence-electron chi connectivity index (χ2n) is 8.78. The second-order valence-corrected chi connectivity index (χ2v) is 10.5. The number of alkyl halides is 1. The molecule has 0 aliphatic rings. The molecule has 1 rings (SSSR count). The van der Waals surface area contributed by atoms with Crippen LogP contribution in [0.15, 0.2) is 35.2 Å². The predicted molar refractivity (Wildman–Crippen MR) is 123 cm³/mol. The van der Waals surface area contributed by atoms with Crippen LogP contribution in [-0.2, 0) is 10.0 Å². The number of nitrogens with one attached hydrogen (secondary N) is 1. The van der Waals surface area contributed by atoms with Gasteiger partial charge in [-0.2, -0.15) is 0 Å². The summed E-state index contributed by atoms with van der Waals surface area (Å²) < 4.78 is 43.7. The summed E-state index contributed by atoms with van der Waals surface area (Å²) in [5.41, 5.74) is -1.15. The number of benzene rings is 1. The third-order valence-electron chi connectivity index (χ3n) is 6.12. The van der Waals surface area contributed by atoms with Crippen molar-refractivity contribution in [2.24, 2.45) is 5.92 Å². The highest BCUT2D eigenvalue weighted by molar-refractivity contribution is 7.89. The topological polar surface area (TPSA) is 66.4 Å². The molecule has 0 spiro atoms. The van der Waals surface area contributed by atoms with Crippen LogP contribution >= 0.6 is 0 Å². The molecule has 0 aliphatic carbocycles.